The maximum atomic E-state index is 12.5. The summed E-state index contributed by atoms with van der Waals surface area (Å²) in [5.74, 6) is 0.936. The van der Waals surface area contributed by atoms with Crippen LogP contribution in [0.5, 0.6) is 5.75 Å². The highest BCUT2D eigenvalue weighted by Gasteiger charge is 2.24. The number of carbonyl (C=O) groups is 1. The van der Waals surface area contributed by atoms with E-state index in [1.54, 1.807) is 31.2 Å². The molecule has 34 heavy (non-hydrogen) atoms. The first-order valence-corrected chi connectivity index (χ1v) is 11.8. The van der Waals surface area contributed by atoms with Crippen LogP contribution in [0.3, 0.4) is 0 Å². The van der Waals surface area contributed by atoms with Gasteiger partial charge in [0.1, 0.15) is 11.4 Å². The van der Waals surface area contributed by atoms with Crippen molar-refractivity contribution in [3.63, 3.8) is 0 Å². The molecule has 0 unspecified atom stereocenters. The molecular weight excluding hydrogens is 446 g/mol. The van der Waals surface area contributed by atoms with Gasteiger partial charge in [0, 0.05) is 0 Å². The summed E-state index contributed by atoms with van der Waals surface area (Å²) in [6.45, 7) is 5.90. The average Bonchev–Trinajstić information content (AvgIpc) is 3.26. The summed E-state index contributed by atoms with van der Waals surface area (Å²) in [6, 6.07) is 23.1. The van der Waals surface area contributed by atoms with E-state index in [2.05, 4.69) is 64.0 Å². The van der Waals surface area contributed by atoms with Crippen molar-refractivity contribution in [2.45, 2.75) is 25.9 Å². The van der Waals surface area contributed by atoms with Crippen molar-refractivity contribution in [3.8, 4) is 22.8 Å². The second-order valence-electron chi connectivity index (χ2n) is 7.96. The Balaban J connectivity index is 1.52. The number of nitrogens with one attached hydrogen (secondary N) is 2. The Hall–Kier alpha value is -3.91. The minimum absolute atomic E-state index is 0.149. The number of aromatic amines is 1. The molecule has 0 aliphatic heterocycles. The van der Waals surface area contributed by atoms with E-state index in [9.17, 15) is 9.90 Å². The number of hydrazone groups is 1. The smallest absolute Gasteiger partial charge is 0.342 e. The van der Waals surface area contributed by atoms with Crippen LogP contribution in [0.25, 0.3) is 17.1 Å². The van der Waals surface area contributed by atoms with Crippen LogP contribution in [0, 0.1) is 13.8 Å². The van der Waals surface area contributed by atoms with E-state index < -0.39 is 0 Å². The Labute approximate surface area is 202 Å². The van der Waals surface area contributed by atoms with Crippen molar-refractivity contribution < 1.29 is 14.5 Å². The predicted octanol–water partition coefficient (Wildman–Crippen LogP) is 4.31. The zero-order valence-corrected chi connectivity index (χ0v) is 20.1. The van der Waals surface area contributed by atoms with Gasteiger partial charge in [0.2, 0.25) is 0 Å². The van der Waals surface area contributed by atoms with Crippen LogP contribution in [-0.2, 0) is 4.79 Å². The number of phenolic OH excluding ortho intramolecular Hbond substituents is 1. The molecule has 0 radical (unpaired) electrons. The van der Waals surface area contributed by atoms with Gasteiger partial charge in [-0.25, -0.2) is 5.43 Å². The van der Waals surface area contributed by atoms with Crippen LogP contribution >= 0.6 is 11.8 Å². The molecule has 0 spiro atoms. The molecule has 3 N–H and O–H groups in total. The van der Waals surface area contributed by atoms with Crippen LogP contribution in [0.4, 0.5) is 0 Å². The van der Waals surface area contributed by atoms with Gasteiger partial charge in [-0.3, -0.25) is 4.79 Å². The van der Waals surface area contributed by atoms with Gasteiger partial charge in [0.15, 0.2) is 0 Å². The average molecular weight is 473 g/mol. The summed E-state index contributed by atoms with van der Waals surface area (Å²) in [6.07, 6.45) is 0. The molecule has 1 amide bonds. The lowest BCUT2D eigenvalue weighted by atomic mass is 10.1. The van der Waals surface area contributed by atoms with Gasteiger partial charge in [-0.2, -0.15) is 9.67 Å². The Morgan fingerprint density at radius 2 is 1.62 bits per heavy atom. The number of aryl methyl sites for hydroxylation is 2. The highest BCUT2D eigenvalue weighted by atomic mass is 32.2. The fourth-order valence-electron chi connectivity index (χ4n) is 3.31. The second kappa shape index (κ2) is 10.4. The molecule has 3 aromatic carbocycles. The number of H-pyrrole nitrogens is 1. The van der Waals surface area contributed by atoms with Crippen molar-refractivity contribution in [1.82, 2.24) is 15.6 Å². The highest BCUT2D eigenvalue weighted by molar-refractivity contribution is 7.99. The fourth-order valence-corrected chi connectivity index (χ4v) is 4.07. The normalized spacial score (nSPS) is 11.4. The largest absolute Gasteiger partial charge is 0.508 e. The highest BCUT2D eigenvalue weighted by Crippen LogP contribution is 2.21. The van der Waals surface area contributed by atoms with Gasteiger partial charge in [-0.15, -0.1) is 5.10 Å². The van der Waals surface area contributed by atoms with E-state index in [1.807, 2.05) is 23.6 Å². The molecule has 0 atom stereocenters. The number of nitrogens with zero attached hydrogens (tertiary/aromatic N) is 3. The fraction of sp³-hybridized carbons (Fsp3) is 0.154. The zero-order chi connectivity index (χ0) is 24.1. The van der Waals surface area contributed by atoms with E-state index in [0.29, 0.717) is 10.9 Å². The molecule has 0 fully saturated rings. The zero-order valence-electron chi connectivity index (χ0n) is 19.2. The maximum absolute atomic E-state index is 12.5. The molecule has 0 saturated carbocycles. The molecular formula is C26H26N5O2S+. The third kappa shape index (κ3) is 5.52. The number of thioether (sulfide) groups is 1. The summed E-state index contributed by atoms with van der Waals surface area (Å²) in [4.78, 5) is 12.5. The summed E-state index contributed by atoms with van der Waals surface area (Å²) in [7, 11) is 0. The maximum Gasteiger partial charge on any atom is 0.342 e. The number of carbonyl (C=O) groups excluding carboxylic acids is 1. The number of rotatable bonds is 7. The Bertz CT molecular complexity index is 1310. The van der Waals surface area contributed by atoms with Gasteiger partial charge < -0.3 is 5.11 Å². The van der Waals surface area contributed by atoms with Gasteiger partial charge in [0.05, 0.1) is 22.1 Å². The Kier molecular flexibility index (Phi) is 7.08. The van der Waals surface area contributed by atoms with E-state index in [1.165, 1.54) is 22.9 Å². The molecule has 0 aliphatic carbocycles. The summed E-state index contributed by atoms with van der Waals surface area (Å²) in [5, 5.41) is 21.9. The number of aromatic nitrogens is 3. The summed E-state index contributed by atoms with van der Waals surface area (Å²) < 4.78 is 2.02. The lowest BCUT2D eigenvalue weighted by Crippen LogP contribution is -2.34. The number of amides is 1. The van der Waals surface area contributed by atoms with Gasteiger partial charge in [-0.05, 0) is 86.6 Å². The van der Waals surface area contributed by atoms with Crippen molar-refractivity contribution in [3.05, 3.63) is 89.5 Å². The van der Waals surface area contributed by atoms with Gasteiger partial charge in [-0.1, -0.05) is 35.4 Å². The van der Waals surface area contributed by atoms with E-state index >= 15 is 0 Å². The van der Waals surface area contributed by atoms with Crippen molar-refractivity contribution in [2.24, 2.45) is 5.10 Å². The molecule has 172 valence electrons. The third-order valence-electron chi connectivity index (χ3n) is 5.26. The molecule has 0 aliphatic rings. The van der Waals surface area contributed by atoms with Crippen LogP contribution in [0.2, 0.25) is 0 Å². The first-order valence-electron chi connectivity index (χ1n) is 10.8. The minimum atomic E-state index is -0.238. The number of phenols is 1. The Morgan fingerprint density at radius 3 is 2.26 bits per heavy atom. The SMILES string of the molecule is C/C(=N/NC(=O)CSc1n[nH]c(-c2ccc(C)cc2)[n+]1-c1ccc(C)cc1)c1ccc(O)cc1. The third-order valence-corrected chi connectivity index (χ3v) is 6.19. The lowest BCUT2D eigenvalue weighted by Gasteiger charge is -2.05. The topological polar surface area (TPSA) is 94.2 Å². The predicted molar refractivity (Wildman–Crippen MR) is 134 cm³/mol. The molecule has 1 heterocycles. The van der Waals surface area contributed by atoms with Crippen LogP contribution in [0.1, 0.15) is 23.6 Å². The van der Waals surface area contributed by atoms with Crippen LogP contribution < -0.4 is 9.99 Å². The van der Waals surface area contributed by atoms with E-state index in [-0.39, 0.29) is 17.4 Å². The molecule has 0 saturated heterocycles. The number of hydrogen-bond acceptors (Lipinski definition) is 5. The molecule has 4 rings (SSSR count). The van der Waals surface area contributed by atoms with E-state index in [0.717, 1.165) is 22.6 Å². The van der Waals surface area contributed by atoms with Crippen molar-refractivity contribution in [1.29, 1.82) is 0 Å². The monoisotopic (exact) mass is 472 g/mol. The van der Waals surface area contributed by atoms with Gasteiger partial charge in [0.25, 0.3) is 11.7 Å². The van der Waals surface area contributed by atoms with Crippen LogP contribution in [0.15, 0.2) is 83.1 Å². The number of aromatic hydroxyl groups is 1. The van der Waals surface area contributed by atoms with E-state index in [4.69, 9.17) is 0 Å². The standard InChI is InChI=1S/C26H25N5O2S/c1-17-4-8-21(9-5-17)25-29-30-26(31(25)22-12-6-18(2)7-13-22)34-16-24(33)28-27-19(3)20-10-14-23(32)15-11-20/h4-15H,16H2,1-3H3,(H2,27,28,32,33)/p+1. The van der Waals surface area contributed by atoms with Gasteiger partial charge >= 0.3 is 5.16 Å². The number of hydrogen-bond donors (Lipinski definition) is 3. The molecule has 7 nitrogen and oxygen atoms in total. The number of benzene rings is 3. The summed E-state index contributed by atoms with van der Waals surface area (Å²) >= 11 is 1.33. The first-order chi connectivity index (χ1) is 16.4. The lowest BCUT2D eigenvalue weighted by molar-refractivity contribution is -0.625. The van der Waals surface area contributed by atoms with Crippen LogP contribution in [-0.4, -0.2) is 32.7 Å². The molecule has 4 aromatic rings. The minimum Gasteiger partial charge on any atom is -0.508 e. The second-order valence-corrected chi connectivity index (χ2v) is 8.90. The summed E-state index contributed by atoms with van der Waals surface area (Å²) in [5.41, 5.74) is 8.37. The molecule has 8 heteroatoms. The first kappa shape index (κ1) is 23.3. The quantitative estimate of drug-likeness (QED) is 0.162. The Morgan fingerprint density at radius 1 is 1.00 bits per heavy atom. The van der Waals surface area contributed by atoms with Crippen molar-refractivity contribution >= 4 is 23.4 Å². The molecule has 1 aromatic heterocycles. The van der Waals surface area contributed by atoms with Crippen molar-refractivity contribution in [2.75, 3.05) is 5.75 Å². The molecule has 0 bridgehead atoms.